The summed E-state index contributed by atoms with van der Waals surface area (Å²) in [6.07, 6.45) is 6.46. The van der Waals surface area contributed by atoms with Gasteiger partial charge in [0.05, 0.1) is 0 Å². The van der Waals surface area contributed by atoms with Gasteiger partial charge in [0.1, 0.15) is 0 Å². The van der Waals surface area contributed by atoms with Crippen LogP contribution in [0.1, 0.15) is 30.9 Å². The Bertz CT molecular complexity index is 715. The summed E-state index contributed by atoms with van der Waals surface area (Å²) in [5.74, 6) is 1.52. The normalized spacial score (nSPS) is 28.8. The van der Waals surface area contributed by atoms with Crippen LogP contribution in [0.25, 0.3) is 11.1 Å². The third kappa shape index (κ3) is 2.80. The lowest BCUT2D eigenvalue weighted by atomic mass is 9.79. The van der Waals surface area contributed by atoms with Gasteiger partial charge in [0.25, 0.3) is 0 Å². The van der Waals surface area contributed by atoms with Crippen molar-refractivity contribution in [2.45, 2.75) is 45.7 Å². The van der Waals surface area contributed by atoms with Gasteiger partial charge in [0.2, 0.25) is 5.95 Å². The molecule has 3 saturated heterocycles. The maximum Gasteiger partial charge on any atom is 0.222 e. The Balaban J connectivity index is 1.50. The van der Waals surface area contributed by atoms with Gasteiger partial charge in [-0.1, -0.05) is 18.2 Å². The standard InChI is InChI=1S/C20H26N4/c1-13-4-5-17(10-14(13)2)18-11-21-20(22-12-18)23-19-15(3)24-8-6-16(19)7-9-24/h4-5,10-12,15-16,19H,6-9H2,1-3H3,(H,21,22,23)/t15-,19+/m1/s1. The molecule has 2 aromatic rings. The number of piperidine rings is 3. The van der Waals surface area contributed by atoms with Crippen LogP contribution in [0.2, 0.25) is 0 Å². The van der Waals surface area contributed by atoms with E-state index in [4.69, 9.17) is 0 Å². The molecule has 3 aliphatic heterocycles. The monoisotopic (exact) mass is 322 g/mol. The molecule has 0 amide bonds. The van der Waals surface area contributed by atoms with E-state index in [0.717, 1.165) is 17.4 Å². The van der Waals surface area contributed by atoms with Crippen molar-refractivity contribution in [1.29, 1.82) is 0 Å². The van der Waals surface area contributed by atoms with Crippen LogP contribution >= 0.6 is 0 Å². The Kier molecular flexibility index (Phi) is 4.01. The molecule has 3 aliphatic rings. The molecule has 0 radical (unpaired) electrons. The van der Waals surface area contributed by atoms with E-state index < -0.39 is 0 Å². The Hall–Kier alpha value is -1.94. The highest BCUT2D eigenvalue weighted by Gasteiger charge is 2.39. The van der Waals surface area contributed by atoms with E-state index in [1.165, 1.54) is 42.6 Å². The molecule has 1 aromatic heterocycles. The van der Waals surface area contributed by atoms with Gasteiger partial charge >= 0.3 is 0 Å². The second-order valence-corrected chi connectivity index (χ2v) is 7.38. The van der Waals surface area contributed by atoms with Crippen LogP contribution in [-0.2, 0) is 0 Å². The van der Waals surface area contributed by atoms with Crippen molar-refractivity contribution in [2.75, 3.05) is 18.4 Å². The molecule has 24 heavy (non-hydrogen) atoms. The predicted octanol–water partition coefficient (Wildman–Crippen LogP) is 3.66. The molecule has 126 valence electrons. The predicted molar refractivity (Wildman–Crippen MR) is 98.1 cm³/mol. The minimum atomic E-state index is 0.472. The number of rotatable bonds is 3. The zero-order chi connectivity index (χ0) is 16.7. The van der Waals surface area contributed by atoms with Crippen LogP contribution < -0.4 is 5.32 Å². The van der Waals surface area contributed by atoms with E-state index in [9.17, 15) is 0 Å². The molecule has 1 aromatic carbocycles. The summed E-state index contributed by atoms with van der Waals surface area (Å²) in [5, 5.41) is 3.60. The van der Waals surface area contributed by atoms with Crippen molar-refractivity contribution in [3.63, 3.8) is 0 Å². The third-order valence-electron chi connectivity index (χ3n) is 5.97. The average Bonchev–Trinajstić information content (AvgIpc) is 2.61. The molecule has 4 heterocycles. The topological polar surface area (TPSA) is 41.1 Å². The number of fused-ring (bicyclic) bond motifs is 3. The number of nitrogens with zero attached hydrogens (tertiary/aromatic N) is 3. The fraction of sp³-hybridized carbons (Fsp3) is 0.500. The lowest BCUT2D eigenvalue weighted by Crippen LogP contribution is -2.59. The second-order valence-electron chi connectivity index (χ2n) is 7.38. The van der Waals surface area contributed by atoms with Gasteiger partial charge in [-0.2, -0.15) is 0 Å². The smallest absolute Gasteiger partial charge is 0.222 e. The number of nitrogens with one attached hydrogen (secondary N) is 1. The molecule has 1 N–H and O–H groups in total. The Morgan fingerprint density at radius 1 is 1.00 bits per heavy atom. The Morgan fingerprint density at radius 2 is 1.71 bits per heavy atom. The van der Waals surface area contributed by atoms with Crippen molar-refractivity contribution in [3.05, 3.63) is 41.7 Å². The number of aromatic nitrogens is 2. The minimum Gasteiger partial charge on any atom is -0.350 e. The van der Waals surface area contributed by atoms with Crippen LogP contribution in [0.3, 0.4) is 0 Å². The van der Waals surface area contributed by atoms with Crippen molar-refractivity contribution < 1.29 is 0 Å². The number of hydrogen-bond acceptors (Lipinski definition) is 4. The van der Waals surface area contributed by atoms with E-state index in [1.54, 1.807) is 0 Å². The summed E-state index contributed by atoms with van der Waals surface area (Å²) < 4.78 is 0. The van der Waals surface area contributed by atoms with E-state index in [2.05, 4.69) is 59.2 Å². The molecule has 4 nitrogen and oxygen atoms in total. The minimum absolute atomic E-state index is 0.472. The molecular formula is C20H26N4. The highest BCUT2D eigenvalue weighted by molar-refractivity contribution is 5.63. The summed E-state index contributed by atoms with van der Waals surface area (Å²) >= 11 is 0. The van der Waals surface area contributed by atoms with Crippen molar-refractivity contribution in [1.82, 2.24) is 14.9 Å². The fourth-order valence-corrected chi connectivity index (χ4v) is 4.17. The van der Waals surface area contributed by atoms with Gasteiger partial charge in [-0.15, -0.1) is 0 Å². The van der Waals surface area contributed by atoms with Crippen LogP contribution in [0.4, 0.5) is 5.95 Å². The van der Waals surface area contributed by atoms with Gasteiger partial charge in [-0.25, -0.2) is 9.97 Å². The first-order valence-corrected chi connectivity index (χ1v) is 9.02. The van der Waals surface area contributed by atoms with Gasteiger partial charge in [-0.3, -0.25) is 4.90 Å². The van der Waals surface area contributed by atoms with Gasteiger partial charge in [-0.05, 0) is 69.3 Å². The molecule has 0 spiro atoms. The SMILES string of the molecule is Cc1ccc(-c2cnc(N[C@@H]3C4CCN(CC4)[C@@H]3C)nc2)cc1C. The lowest BCUT2D eigenvalue weighted by molar-refractivity contribution is 0.0455. The first-order valence-electron chi connectivity index (χ1n) is 9.02. The maximum absolute atomic E-state index is 4.58. The first kappa shape index (κ1) is 15.6. The van der Waals surface area contributed by atoms with E-state index in [0.29, 0.717) is 12.1 Å². The van der Waals surface area contributed by atoms with Crippen LogP contribution in [-0.4, -0.2) is 40.0 Å². The van der Waals surface area contributed by atoms with E-state index in [-0.39, 0.29) is 0 Å². The molecule has 0 unspecified atom stereocenters. The summed E-state index contributed by atoms with van der Waals surface area (Å²) in [6.45, 7) is 9.10. The van der Waals surface area contributed by atoms with E-state index >= 15 is 0 Å². The Labute approximate surface area is 144 Å². The molecular weight excluding hydrogens is 296 g/mol. The summed E-state index contributed by atoms with van der Waals surface area (Å²) in [7, 11) is 0. The third-order valence-corrected chi connectivity index (χ3v) is 5.97. The van der Waals surface area contributed by atoms with Crippen molar-refractivity contribution >= 4 is 5.95 Å². The fourth-order valence-electron chi connectivity index (χ4n) is 4.17. The largest absolute Gasteiger partial charge is 0.350 e. The van der Waals surface area contributed by atoms with Gasteiger partial charge in [0, 0.05) is 30.0 Å². The molecule has 5 rings (SSSR count). The van der Waals surface area contributed by atoms with Gasteiger partial charge in [0.15, 0.2) is 0 Å². The molecule has 2 bridgehead atoms. The molecule has 0 saturated carbocycles. The summed E-state index contributed by atoms with van der Waals surface area (Å²) in [6, 6.07) is 7.55. The maximum atomic E-state index is 4.58. The molecule has 4 heteroatoms. The zero-order valence-corrected chi connectivity index (χ0v) is 14.8. The van der Waals surface area contributed by atoms with E-state index in [1.807, 2.05) is 12.4 Å². The van der Waals surface area contributed by atoms with Crippen LogP contribution in [0.5, 0.6) is 0 Å². The number of hydrogen-bond donors (Lipinski definition) is 1. The van der Waals surface area contributed by atoms with Crippen molar-refractivity contribution in [3.8, 4) is 11.1 Å². The number of benzene rings is 1. The second kappa shape index (κ2) is 6.17. The quantitative estimate of drug-likeness (QED) is 0.936. The summed E-state index contributed by atoms with van der Waals surface area (Å²) in [5.41, 5.74) is 4.87. The highest BCUT2D eigenvalue weighted by atomic mass is 15.2. The van der Waals surface area contributed by atoms with Crippen LogP contribution in [0.15, 0.2) is 30.6 Å². The van der Waals surface area contributed by atoms with Crippen LogP contribution in [0, 0.1) is 19.8 Å². The zero-order valence-electron chi connectivity index (χ0n) is 14.8. The highest BCUT2D eigenvalue weighted by Crippen LogP contribution is 2.33. The summed E-state index contributed by atoms with van der Waals surface area (Å²) in [4.78, 5) is 11.7. The Morgan fingerprint density at radius 3 is 2.33 bits per heavy atom. The molecule has 0 aliphatic carbocycles. The average molecular weight is 322 g/mol. The first-order chi connectivity index (χ1) is 11.6. The molecule has 3 fully saturated rings. The number of anilines is 1. The van der Waals surface area contributed by atoms with Crippen molar-refractivity contribution in [2.24, 2.45) is 5.92 Å². The molecule has 2 atom stereocenters. The number of aryl methyl sites for hydroxylation is 2. The van der Waals surface area contributed by atoms with Gasteiger partial charge < -0.3 is 5.32 Å². The lowest BCUT2D eigenvalue weighted by Gasteiger charge is -2.49.